The van der Waals surface area contributed by atoms with E-state index in [1.54, 1.807) is 5.57 Å². The predicted octanol–water partition coefficient (Wildman–Crippen LogP) is 3.51. The molecule has 0 spiro atoms. The first-order valence-electron chi connectivity index (χ1n) is 8.44. The number of piperazine rings is 1. The summed E-state index contributed by atoms with van der Waals surface area (Å²) in [7, 11) is 0. The third-order valence-electron chi connectivity index (χ3n) is 4.97. The highest BCUT2D eigenvalue weighted by molar-refractivity contribution is 5.38. The molecule has 0 radical (unpaired) electrons. The van der Waals surface area contributed by atoms with Crippen LogP contribution in [0, 0.1) is 5.92 Å². The molecule has 3 nitrogen and oxygen atoms in total. The van der Waals surface area contributed by atoms with Gasteiger partial charge in [-0.3, -0.25) is 4.90 Å². The summed E-state index contributed by atoms with van der Waals surface area (Å²) in [5, 5.41) is 0. The fourth-order valence-electron chi connectivity index (χ4n) is 3.44. The molecule has 2 aliphatic rings. The molecule has 1 aromatic heterocycles. The minimum atomic E-state index is 0.713. The fourth-order valence-corrected chi connectivity index (χ4v) is 3.44. The Labute approximate surface area is 134 Å². The van der Waals surface area contributed by atoms with E-state index in [0.29, 0.717) is 5.92 Å². The molecule has 1 aliphatic heterocycles. The monoisotopic (exact) mass is 297 g/mol. The van der Waals surface area contributed by atoms with E-state index in [0.717, 1.165) is 38.5 Å². The van der Waals surface area contributed by atoms with E-state index in [9.17, 15) is 0 Å². The van der Waals surface area contributed by atoms with Gasteiger partial charge in [-0.15, -0.1) is 0 Å². The summed E-state index contributed by atoms with van der Waals surface area (Å²) in [6.45, 7) is 11.9. The lowest BCUT2D eigenvalue weighted by Crippen LogP contribution is -2.47. The van der Waals surface area contributed by atoms with Crippen molar-refractivity contribution in [3.8, 4) is 0 Å². The van der Waals surface area contributed by atoms with E-state index >= 15 is 0 Å². The van der Waals surface area contributed by atoms with Gasteiger partial charge in [0.25, 0.3) is 0 Å². The molecule has 3 heteroatoms. The van der Waals surface area contributed by atoms with Crippen molar-refractivity contribution >= 4 is 5.82 Å². The molecule has 0 bridgehead atoms. The fraction of sp³-hybridized carbons (Fsp3) is 0.526. The molecular formula is C19H27N3. The van der Waals surface area contributed by atoms with Gasteiger partial charge in [0.2, 0.25) is 0 Å². The second-order valence-electron chi connectivity index (χ2n) is 6.63. The second kappa shape index (κ2) is 7.10. The standard InChI is InChI=1S/C19H27N3/c1-16(2)18-8-6-17(7-9-18)15-21-11-13-22(14-12-21)19-5-3-4-10-20-19/h3-6,10,18H,1,7-9,11-15H2,2H3. The van der Waals surface area contributed by atoms with Crippen molar-refractivity contribution in [3.05, 3.63) is 48.2 Å². The van der Waals surface area contributed by atoms with Gasteiger partial charge in [0.15, 0.2) is 0 Å². The van der Waals surface area contributed by atoms with E-state index in [2.05, 4.69) is 46.5 Å². The highest BCUT2D eigenvalue weighted by atomic mass is 15.3. The second-order valence-corrected chi connectivity index (χ2v) is 6.63. The summed E-state index contributed by atoms with van der Waals surface area (Å²) in [6.07, 6.45) is 8.08. The van der Waals surface area contributed by atoms with Gasteiger partial charge in [-0.1, -0.05) is 29.9 Å². The molecule has 0 N–H and O–H groups in total. The molecular weight excluding hydrogens is 270 g/mol. The zero-order chi connectivity index (χ0) is 15.4. The van der Waals surface area contributed by atoms with E-state index in [4.69, 9.17) is 0 Å². The molecule has 1 fully saturated rings. The Morgan fingerprint density at radius 3 is 2.68 bits per heavy atom. The molecule has 1 aromatic rings. The summed E-state index contributed by atoms with van der Waals surface area (Å²) >= 11 is 0. The van der Waals surface area contributed by atoms with Crippen molar-refractivity contribution in [1.29, 1.82) is 0 Å². The number of aromatic nitrogens is 1. The van der Waals surface area contributed by atoms with Crippen LogP contribution in [0.5, 0.6) is 0 Å². The number of hydrogen-bond donors (Lipinski definition) is 0. The quantitative estimate of drug-likeness (QED) is 0.793. The van der Waals surface area contributed by atoms with Gasteiger partial charge in [-0.2, -0.15) is 0 Å². The Morgan fingerprint density at radius 1 is 1.27 bits per heavy atom. The van der Waals surface area contributed by atoms with Crippen molar-refractivity contribution in [1.82, 2.24) is 9.88 Å². The molecule has 0 saturated carbocycles. The molecule has 3 rings (SSSR count). The first kappa shape index (κ1) is 15.3. The number of rotatable bonds is 4. The van der Waals surface area contributed by atoms with E-state index in [-0.39, 0.29) is 0 Å². The number of nitrogens with zero attached hydrogens (tertiary/aromatic N) is 3. The molecule has 0 amide bonds. The van der Waals surface area contributed by atoms with Crippen LogP contribution < -0.4 is 4.90 Å². The van der Waals surface area contributed by atoms with E-state index in [1.165, 1.54) is 24.8 Å². The van der Waals surface area contributed by atoms with Crippen LogP contribution in [0.1, 0.15) is 26.2 Å². The van der Waals surface area contributed by atoms with Crippen LogP contribution in [0.25, 0.3) is 0 Å². The van der Waals surface area contributed by atoms with Gasteiger partial charge in [0.1, 0.15) is 5.82 Å². The third-order valence-corrected chi connectivity index (χ3v) is 4.97. The summed E-state index contributed by atoms with van der Waals surface area (Å²) in [5.74, 6) is 1.83. The van der Waals surface area contributed by atoms with E-state index in [1.807, 2.05) is 12.3 Å². The van der Waals surface area contributed by atoms with Gasteiger partial charge < -0.3 is 4.90 Å². The lowest BCUT2D eigenvalue weighted by atomic mass is 9.85. The highest BCUT2D eigenvalue weighted by Crippen LogP contribution is 2.28. The Kier molecular flexibility index (Phi) is 4.94. The molecule has 1 aliphatic carbocycles. The first-order chi connectivity index (χ1) is 10.7. The van der Waals surface area contributed by atoms with Crippen LogP contribution >= 0.6 is 0 Å². The SMILES string of the molecule is C=C(C)C1CC=C(CN2CCN(c3ccccn3)CC2)CC1. The van der Waals surface area contributed by atoms with Gasteiger partial charge in [0.05, 0.1) is 0 Å². The van der Waals surface area contributed by atoms with Crippen LogP contribution in [0.4, 0.5) is 5.82 Å². The maximum absolute atomic E-state index is 4.46. The van der Waals surface area contributed by atoms with Crippen molar-refractivity contribution < 1.29 is 0 Å². The van der Waals surface area contributed by atoms with Crippen molar-refractivity contribution in [2.75, 3.05) is 37.6 Å². The minimum Gasteiger partial charge on any atom is -0.354 e. The van der Waals surface area contributed by atoms with E-state index < -0.39 is 0 Å². The van der Waals surface area contributed by atoms with Crippen molar-refractivity contribution in [2.24, 2.45) is 5.92 Å². The number of anilines is 1. The van der Waals surface area contributed by atoms with Crippen LogP contribution in [0.3, 0.4) is 0 Å². The number of hydrogen-bond acceptors (Lipinski definition) is 3. The summed E-state index contributed by atoms with van der Waals surface area (Å²) in [6, 6.07) is 6.16. The number of pyridine rings is 1. The van der Waals surface area contributed by atoms with Gasteiger partial charge in [0, 0.05) is 38.9 Å². The van der Waals surface area contributed by atoms with Crippen LogP contribution in [0.15, 0.2) is 48.2 Å². The average molecular weight is 297 g/mol. The van der Waals surface area contributed by atoms with Crippen LogP contribution in [0.2, 0.25) is 0 Å². The van der Waals surface area contributed by atoms with Gasteiger partial charge in [-0.05, 0) is 44.2 Å². The van der Waals surface area contributed by atoms with Gasteiger partial charge in [-0.25, -0.2) is 4.98 Å². The Balaban J connectivity index is 1.48. The topological polar surface area (TPSA) is 19.4 Å². The van der Waals surface area contributed by atoms with Crippen LogP contribution in [-0.4, -0.2) is 42.6 Å². The summed E-state index contributed by atoms with van der Waals surface area (Å²) in [5.41, 5.74) is 2.98. The molecule has 1 atom stereocenters. The molecule has 22 heavy (non-hydrogen) atoms. The largest absolute Gasteiger partial charge is 0.354 e. The predicted molar refractivity (Wildman–Crippen MR) is 93.1 cm³/mol. The summed E-state index contributed by atoms with van der Waals surface area (Å²) < 4.78 is 0. The Hall–Kier alpha value is -1.61. The molecule has 118 valence electrons. The zero-order valence-corrected chi connectivity index (χ0v) is 13.7. The molecule has 1 unspecified atom stereocenters. The molecule has 0 aromatic carbocycles. The summed E-state index contributed by atoms with van der Waals surface area (Å²) in [4.78, 5) is 9.44. The van der Waals surface area contributed by atoms with Crippen molar-refractivity contribution in [2.45, 2.75) is 26.2 Å². The van der Waals surface area contributed by atoms with Crippen molar-refractivity contribution in [3.63, 3.8) is 0 Å². The third kappa shape index (κ3) is 3.77. The zero-order valence-electron chi connectivity index (χ0n) is 13.7. The normalized spacial score (nSPS) is 23.2. The molecule has 1 saturated heterocycles. The Bertz CT molecular complexity index is 527. The average Bonchev–Trinajstić information content (AvgIpc) is 2.57. The first-order valence-corrected chi connectivity index (χ1v) is 8.44. The number of allylic oxidation sites excluding steroid dienone is 2. The molecule has 2 heterocycles. The maximum atomic E-state index is 4.46. The highest BCUT2D eigenvalue weighted by Gasteiger charge is 2.20. The van der Waals surface area contributed by atoms with Crippen LogP contribution in [-0.2, 0) is 0 Å². The lowest BCUT2D eigenvalue weighted by molar-refractivity contribution is 0.272. The van der Waals surface area contributed by atoms with Gasteiger partial charge >= 0.3 is 0 Å². The smallest absolute Gasteiger partial charge is 0.128 e. The maximum Gasteiger partial charge on any atom is 0.128 e. The lowest BCUT2D eigenvalue weighted by Gasteiger charge is -2.36. The Morgan fingerprint density at radius 2 is 2.09 bits per heavy atom. The minimum absolute atomic E-state index is 0.713.